The van der Waals surface area contributed by atoms with Crippen LogP contribution in [0.5, 0.6) is 0 Å². The van der Waals surface area contributed by atoms with Crippen molar-refractivity contribution >= 4 is 34.1 Å². The number of amides is 1. The molecular weight excluding hydrogens is 324 g/mol. The molecule has 5 heteroatoms. The lowest BCUT2D eigenvalue weighted by molar-refractivity contribution is -0.116. The van der Waals surface area contributed by atoms with Crippen molar-refractivity contribution in [1.82, 2.24) is 4.98 Å². The second-order valence-corrected chi connectivity index (χ2v) is 7.58. The highest BCUT2D eigenvalue weighted by Crippen LogP contribution is 2.32. The topological polar surface area (TPSA) is 33.2 Å². The minimum absolute atomic E-state index is 0.0878. The molecule has 0 unspecified atom stereocenters. The quantitative estimate of drug-likeness (QED) is 0.577. The summed E-state index contributed by atoms with van der Waals surface area (Å²) in [6.07, 6.45) is 6.34. The summed E-state index contributed by atoms with van der Waals surface area (Å²) in [4.78, 5) is 21.6. The summed E-state index contributed by atoms with van der Waals surface area (Å²) in [6, 6.07) is 10.0. The van der Waals surface area contributed by atoms with Gasteiger partial charge in [-0.25, -0.2) is 4.98 Å². The van der Waals surface area contributed by atoms with Crippen LogP contribution in [-0.4, -0.2) is 23.2 Å². The van der Waals surface area contributed by atoms with Crippen molar-refractivity contribution in [3.05, 3.63) is 53.6 Å². The molecule has 0 saturated carbocycles. The molecule has 0 atom stereocenters. The molecule has 23 heavy (non-hydrogen) atoms. The highest BCUT2D eigenvalue weighted by atomic mass is 32.2. The number of hydrogen-bond donors (Lipinski definition) is 0. The normalized spacial score (nSPS) is 13.4. The highest BCUT2D eigenvalue weighted by Gasteiger charge is 2.22. The Labute approximate surface area is 145 Å². The molecule has 3 rings (SSSR count). The molecule has 1 aliphatic carbocycles. The monoisotopic (exact) mass is 344 g/mol. The number of aryl methyl sites for hydroxylation is 2. The molecule has 1 aromatic heterocycles. The summed E-state index contributed by atoms with van der Waals surface area (Å²) in [7, 11) is 0. The number of fused-ring (bicyclic) bond motifs is 1. The van der Waals surface area contributed by atoms with E-state index in [-0.39, 0.29) is 5.91 Å². The van der Waals surface area contributed by atoms with E-state index in [0.29, 0.717) is 12.3 Å². The fraction of sp³-hybridized carbons (Fsp3) is 0.333. The van der Waals surface area contributed by atoms with E-state index < -0.39 is 0 Å². The van der Waals surface area contributed by atoms with E-state index in [1.807, 2.05) is 30.3 Å². The third kappa shape index (κ3) is 4.03. The van der Waals surface area contributed by atoms with Gasteiger partial charge in [-0.3, -0.25) is 9.69 Å². The van der Waals surface area contributed by atoms with Crippen LogP contribution in [0.1, 0.15) is 23.4 Å². The first-order chi connectivity index (χ1) is 11.3. The Bertz CT molecular complexity index is 658. The van der Waals surface area contributed by atoms with E-state index in [2.05, 4.69) is 6.58 Å². The number of anilines is 1. The first kappa shape index (κ1) is 16.3. The van der Waals surface area contributed by atoms with Gasteiger partial charge in [-0.15, -0.1) is 29.7 Å². The Morgan fingerprint density at radius 1 is 1.30 bits per heavy atom. The zero-order valence-electron chi connectivity index (χ0n) is 13.0. The largest absolute Gasteiger partial charge is 0.284 e. The second kappa shape index (κ2) is 7.79. The van der Waals surface area contributed by atoms with Crippen LogP contribution in [0, 0.1) is 0 Å². The molecule has 3 nitrogen and oxygen atoms in total. The van der Waals surface area contributed by atoms with Gasteiger partial charge in [0.1, 0.15) is 0 Å². The van der Waals surface area contributed by atoms with Gasteiger partial charge in [-0.05, 0) is 37.8 Å². The van der Waals surface area contributed by atoms with Crippen LogP contribution in [0.25, 0.3) is 0 Å². The Morgan fingerprint density at radius 3 is 2.83 bits per heavy atom. The minimum atomic E-state index is 0.0878. The maximum atomic E-state index is 12.6. The third-order valence-electron chi connectivity index (χ3n) is 3.78. The molecule has 0 saturated heterocycles. The van der Waals surface area contributed by atoms with Crippen molar-refractivity contribution in [2.75, 3.05) is 17.2 Å². The van der Waals surface area contributed by atoms with Gasteiger partial charge in [0, 0.05) is 16.3 Å². The standard InChI is InChI=1S/C18H20N2OS2/c1-2-12-20(17(21)13-22-14-8-4-3-5-9-14)18-19-15-10-6-7-11-16(15)23-18/h2-5,8-9H,1,6-7,10-13H2. The van der Waals surface area contributed by atoms with Gasteiger partial charge < -0.3 is 0 Å². The van der Waals surface area contributed by atoms with Gasteiger partial charge in [0.2, 0.25) is 5.91 Å². The molecule has 2 aromatic rings. The number of carbonyl (C=O) groups excluding carboxylic acids is 1. The Hall–Kier alpha value is -1.59. The van der Waals surface area contributed by atoms with Crippen LogP contribution in [0.3, 0.4) is 0 Å². The van der Waals surface area contributed by atoms with Crippen LogP contribution in [-0.2, 0) is 17.6 Å². The molecule has 0 N–H and O–H groups in total. The number of hydrogen-bond acceptors (Lipinski definition) is 4. The lowest BCUT2D eigenvalue weighted by atomic mass is 10.0. The average molecular weight is 345 g/mol. The van der Waals surface area contributed by atoms with E-state index in [1.165, 1.54) is 23.4 Å². The molecule has 1 amide bonds. The molecule has 1 aromatic carbocycles. The van der Waals surface area contributed by atoms with Crippen LogP contribution >= 0.6 is 23.1 Å². The molecule has 0 aliphatic heterocycles. The van der Waals surface area contributed by atoms with Gasteiger partial charge in [0.05, 0.1) is 11.4 Å². The fourth-order valence-electron chi connectivity index (χ4n) is 2.61. The molecule has 0 fully saturated rings. The zero-order valence-corrected chi connectivity index (χ0v) is 14.7. The first-order valence-electron chi connectivity index (χ1n) is 7.85. The van der Waals surface area contributed by atoms with E-state index in [0.717, 1.165) is 22.9 Å². The van der Waals surface area contributed by atoms with Crippen molar-refractivity contribution < 1.29 is 4.79 Å². The predicted octanol–water partition coefficient (Wildman–Crippen LogP) is 4.33. The van der Waals surface area contributed by atoms with Gasteiger partial charge in [0.15, 0.2) is 5.13 Å². The van der Waals surface area contributed by atoms with Crippen LogP contribution in [0.15, 0.2) is 47.9 Å². The molecule has 1 aliphatic rings. The number of aromatic nitrogens is 1. The number of carbonyl (C=O) groups is 1. The summed E-state index contributed by atoms with van der Waals surface area (Å²) in [5.41, 5.74) is 1.19. The van der Waals surface area contributed by atoms with Crippen LogP contribution < -0.4 is 4.90 Å². The number of rotatable bonds is 6. The highest BCUT2D eigenvalue weighted by molar-refractivity contribution is 8.00. The lowest BCUT2D eigenvalue weighted by Crippen LogP contribution is -2.32. The van der Waals surface area contributed by atoms with E-state index in [9.17, 15) is 4.79 Å². The van der Waals surface area contributed by atoms with Gasteiger partial charge in [-0.1, -0.05) is 24.3 Å². The second-order valence-electron chi connectivity index (χ2n) is 5.47. The molecule has 0 bridgehead atoms. The lowest BCUT2D eigenvalue weighted by Gasteiger charge is -2.17. The van der Waals surface area contributed by atoms with Crippen LogP contribution in [0.4, 0.5) is 5.13 Å². The smallest absolute Gasteiger partial charge is 0.239 e. The Balaban J connectivity index is 1.71. The minimum Gasteiger partial charge on any atom is -0.284 e. The van der Waals surface area contributed by atoms with E-state index >= 15 is 0 Å². The fourth-order valence-corrected chi connectivity index (χ4v) is 4.58. The molecule has 1 heterocycles. The third-order valence-corrected chi connectivity index (χ3v) is 5.96. The molecule has 0 radical (unpaired) electrons. The Morgan fingerprint density at radius 2 is 2.09 bits per heavy atom. The first-order valence-corrected chi connectivity index (χ1v) is 9.66. The molecule has 120 valence electrons. The SMILES string of the molecule is C=CCN(C(=O)CSc1ccccc1)c1nc2c(s1)CCCC2. The summed E-state index contributed by atoms with van der Waals surface area (Å²) >= 11 is 3.23. The van der Waals surface area contributed by atoms with Crippen LogP contribution in [0.2, 0.25) is 0 Å². The molecule has 0 spiro atoms. The maximum absolute atomic E-state index is 12.6. The predicted molar refractivity (Wildman–Crippen MR) is 98.5 cm³/mol. The summed E-state index contributed by atoms with van der Waals surface area (Å²) in [6.45, 7) is 4.30. The van der Waals surface area contributed by atoms with Crippen molar-refractivity contribution in [2.45, 2.75) is 30.6 Å². The maximum Gasteiger partial charge on any atom is 0.239 e. The summed E-state index contributed by atoms with van der Waals surface area (Å²) in [5.74, 6) is 0.507. The van der Waals surface area contributed by atoms with Crippen molar-refractivity contribution in [3.63, 3.8) is 0 Å². The Kier molecular flexibility index (Phi) is 5.51. The van der Waals surface area contributed by atoms with Gasteiger partial charge >= 0.3 is 0 Å². The number of benzene rings is 1. The van der Waals surface area contributed by atoms with Crippen molar-refractivity contribution in [3.8, 4) is 0 Å². The van der Waals surface area contributed by atoms with Crippen molar-refractivity contribution in [1.29, 1.82) is 0 Å². The summed E-state index contributed by atoms with van der Waals surface area (Å²) in [5, 5.41) is 0.829. The molecular formula is C18H20N2OS2. The number of thiazole rings is 1. The van der Waals surface area contributed by atoms with E-state index in [1.54, 1.807) is 34.1 Å². The average Bonchev–Trinajstić information content (AvgIpc) is 3.02. The number of thioether (sulfide) groups is 1. The van der Waals surface area contributed by atoms with Gasteiger partial charge in [-0.2, -0.15) is 0 Å². The van der Waals surface area contributed by atoms with E-state index in [4.69, 9.17) is 4.98 Å². The number of nitrogens with zero attached hydrogens (tertiary/aromatic N) is 2. The van der Waals surface area contributed by atoms with Gasteiger partial charge in [0.25, 0.3) is 0 Å². The van der Waals surface area contributed by atoms with Crippen molar-refractivity contribution in [2.24, 2.45) is 0 Å². The zero-order chi connectivity index (χ0) is 16.1. The summed E-state index contributed by atoms with van der Waals surface area (Å²) < 4.78 is 0.